The van der Waals surface area contributed by atoms with E-state index in [2.05, 4.69) is 5.32 Å². The first-order valence-electron chi connectivity index (χ1n) is 6.00. The Morgan fingerprint density at radius 1 is 1.37 bits per heavy atom. The third kappa shape index (κ3) is 2.83. The van der Waals surface area contributed by atoms with Crippen LogP contribution in [0.4, 0.5) is 13.2 Å². The van der Waals surface area contributed by atoms with Gasteiger partial charge in [0.1, 0.15) is 0 Å². The SMILES string of the molecule is CNC(=O)C1CN(C(=O)C2COC2)C1CC(F)(F)F. The van der Waals surface area contributed by atoms with Crippen LogP contribution in [0, 0.1) is 11.8 Å². The van der Waals surface area contributed by atoms with E-state index in [1.54, 1.807) is 0 Å². The maximum absolute atomic E-state index is 12.5. The number of ether oxygens (including phenoxy) is 1. The molecular weight excluding hydrogens is 265 g/mol. The van der Waals surface area contributed by atoms with E-state index in [0.29, 0.717) is 0 Å². The van der Waals surface area contributed by atoms with Crippen LogP contribution in [0.1, 0.15) is 6.42 Å². The first kappa shape index (κ1) is 14.1. The minimum absolute atomic E-state index is 0.0513. The molecule has 2 amide bonds. The molecule has 0 radical (unpaired) electrons. The number of alkyl halides is 3. The van der Waals surface area contributed by atoms with E-state index in [-0.39, 0.29) is 31.6 Å². The molecule has 2 aliphatic heterocycles. The van der Waals surface area contributed by atoms with Crippen molar-refractivity contribution in [2.24, 2.45) is 11.8 Å². The average Bonchev–Trinajstić information content (AvgIpc) is 2.20. The summed E-state index contributed by atoms with van der Waals surface area (Å²) >= 11 is 0. The van der Waals surface area contributed by atoms with Crippen LogP contribution >= 0.6 is 0 Å². The Bertz CT molecular complexity index is 382. The van der Waals surface area contributed by atoms with Crippen LogP contribution in [0.3, 0.4) is 0 Å². The van der Waals surface area contributed by atoms with Crippen LogP contribution in [-0.4, -0.2) is 55.7 Å². The zero-order valence-electron chi connectivity index (χ0n) is 10.4. The average molecular weight is 280 g/mol. The van der Waals surface area contributed by atoms with Gasteiger partial charge in [-0.15, -0.1) is 0 Å². The van der Waals surface area contributed by atoms with Gasteiger partial charge in [-0.3, -0.25) is 9.59 Å². The minimum atomic E-state index is -4.40. The maximum atomic E-state index is 12.5. The van der Waals surface area contributed by atoms with Crippen molar-refractivity contribution in [3.05, 3.63) is 0 Å². The molecule has 108 valence electrons. The molecular formula is C11H15F3N2O3. The van der Waals surface area contributed by atoms with Crippen LogP contribution in [0.25, 0.3) is 0 Å². The number of hydrogen-bond donors (Lipinski definition) is 1. The largest absolute Gasteiger partial charge is 0.391 e. The first-order valence-corrected chi connectivity index (χ1v) is 6.00. The highest BCUT2D eigenvalue weighted by molar-refractivity contribution is 5.86. The van der Waals surface area contributed by atoms with Crippen molar-refractivity contribution in [1.82, 2.24) is 10.2 Å². The molecule has 8 heteroatoms. The Morgan fingerprint density at radius 3 is 2.42 bits per heavy atom. The van der Waals surface area contributed by atoms with Crippen LogP contribution in [0.5, 0.6) is 0 Å². The van der Waals surface area contributed by atoms with E-state index >= 15 is 0 Å². The van der Waals surface area contributed by atoms with Crippen molar-refractivity contribution in [2.45, 2.75) is 18.6 Å². The maximum Gasteiger partial charge on any atom is 0.391 e. The second-order valence-corrected chi connectivity index (χ2v) is 4.83. The molecule has 0 aromatic carbocycles. The number of halogens is 3. The number of hydrogen-bond acceptors (Lipinski definition) is 3. The van der Waals surface area contributed by atoms with Crippen LogP contribution in [0.2, 0.25) is 0 Å². The molecule has 2 heterocycles. The monoisotopic (exact) mass is 280 g/mol. The highest BCUT2D eigenvalue weighted by Gasteiger charge is 2.51. The number of carbonyl (C=O) groups is 2. The van der Waals surface area contributed by atoms with Crippen LogP contribution < -0.4 is 5.32 Å². The van der Waals surface area contributed by atoms with Crippen molar-refractivity contribution in [3.8, 4) is 0 Å². The number of nitrogens with zero attached hydrogens (tertiary/aromatic N) is 1. The molecule has 2 fully saturated rings. The summed E-state index contributed by atoms with van der Waals surface area (Å²) in [5.74, 6) is -1.94. The molecule has 2 saturated heterocycles. The summed E-state index contributed by atoms with van der Waals surface area (Å²) in [7, 11) is 1.37. The molecule has 0 saturated carbocycles. The van der Waals surface area contributed by atoms with Gasteiger partial charge in [0.05, 0.1) is 37.5 Å². The summed E-state index contributed by atoms with van der Waals surface area (Å²) in [6.07, 6.45) is -5.55. The molecule has 2 atom stereocenters. The highest BCUT2D eigenvalue weighted by Crippen LogP contribution is 2.36. The predicted molar refractivity (Wildman–Crippen MR) is 58.0 cm³/mol. The Morgan fingerprint density at radius 2 is 2.00 bits per heavy atom. The summed E-state index contributed by atoms with van der Waals surface area (Å²) in [5, 5.41) is 2.33. The van der Waals surface area contributed by atoms with Gasteiger partial charge in [0.25, 0.3) is 0 Å². The van der Waals surface area contributed by atoms with E-state index in [1.165, 1.54) is 7.05 Å². The molecule has 5 nitrogen and oxygen atoms in total. The van der Waals surface area contributed by atoms with Gasteiger partial charge in [0.2, 0.25) is 11.8 Å². The third-order valence-corrected chi connectivity index (χ3v) is 3.55. The first-order chi connectivity index (χ1) is 8.83. The molecule has 2 unspecified atom stereocenters. The van der Waals surface area contributed by atoms with E-state index in [1.807, 2.05) is 0 Å². The lowest BCUT2D eigenvalue weighted by Gasteiger charge is -2.49. The Kier molecular flexibility index (Phi) is 3.71. The van der Waals surface area contributed by atoms with Crippen molar-refractivity contribution < 1.29 is 27.5 Å². The minimum Gasteiger partial charge on any atom is -0.380 e. The zero-order valence-corrected chi connectivity index (χ0v) is 10.4. The zero-order chi connectivity index (χ0) is 14.2. The number of nitrogens with one attached hydrogen (secondary N) is 1. The Labute approximate surface area is 108 Å². The lowest BCUT2D eigenvalue weighted by Crippen LogP contribution is -2.66. The number of rotatable bonds is 3. The predicted octanol–water partition coefficient (Wildman–Crippen LogP) is 0.158. The fraction of sp³-hybridized carbons (Fsp3) is 0.818. The summed E-state index contributed by atoms with van der Waals surface area (Å²) in [6, 6.07) is -1.09. The fourth-order valence-electron chi connectivity index (χ4n) is 2.35. The topological polar surface area (TPSA) is 58.6 Å². The molecule has 0 spiro atoms. The second kappa shape index (κ2) is 4.99. The van der Waals surface area contributed by atoms with Gasteiger partial charge in [-0.1, -0.05) is 0 Å². The molecule has 0 aliphatic carbocycles. The van der Waals surface area contributed by atoms with E-state index < -0.39 is 30.5 Å². The second-order valence-electron chi connectivity index (χ2n) is 4.83. The van der Waals surface area contributed by atoms with Gasteiger partial charge in [0, 0.05) is 13.6 Å². The summed E-state index contributed by atoms with van der Waals surface area (Å²) in [4.78, 5) is 24.5. The van der Waals surface area contributed by atoms with Crippen molar-refractivity contribution in [3.63, 3.8) is 0 Å². The third-order valence-electron chi connectivity index (χ3n) is 3.55. The fourth-order valence-corrected chi connectivity index (χ4v) is 2.35. The molecule has 0 bridgehead atoms. The Hall–Kier alpha value is -1.31. The number of likely N-dealkylation sites (tertiary alicyclic amines) is 1. The van der Waals surface area contributed by atoms with Gasteiger partial charge < -0.3 is 15.0 Å². The molecule has 0 aromatic heterocycles. The smallest absolute Gasteiger partial charge is 0.380 e. The normalized spacial score (nSPS) is 27.5. The summed E-state index contributed by atoms with van der Waals surface area (Å²) in [6.45, 7) is 0.549. The lowest BCUT2D eigenvalue weighted by molar-refractivity contribution is -0.185. The van der Waals surface area contributed by atoms with Crippen LogP contribution in [0.15, 0.2) is 0 Å². The van der Waals surface area contributed by atoms with E-state index in [4.69, 9.17) is 4.74 Å². The summed E-state index contributed by atoms with van der Waals surface area (Å²) in [5.41, 5.74) is 0. The molecule has 2 aliphatic rings. The van der Waals surface area contributed by atoms with Gasteiger partial charge >= 0.3 is 6.18 Å². The van der Waals surface area contributed by atoms with Gasteiger partial charge in [0.15, 0.2) is 0 Å². The van der Waals surface area contributed by atoms with Crippen LogP contribution in [-0.2, 0) is 14.3 Å². The van der Waals surface area contributed by atoms with Gasteiger partial charge in [-0.25, -0.2) is 0 Å². The molecule has 1 N–H and O–H groups in total. The van der Waals surface area contributed by atoms with Crippen molar-refractivity contribution >= 4 is 11.8 Å². The van der Waals surface area contributed by atoms with E-state index in [0.717, 1.165) is 4.90 Å². The van der Waals surface area contributed by atoms with Crippen molar-refractivity contribution in [2.75, 3.05) is 26.8 Å². The van der Waals surface area contributed by atoms with E-state index in [9.17, 15) is 22.8 Å². The standard InChI is InChI=1S/C11H15F3N2O3/c1-15-9(17)7-3-16(8(7)2-11(12,13)14)10(18)6-4-19-5-6/h6-8H,2-5H2,1H3,(H,15,17). The number of amides is 2. The molecule has 0 aromatic rings. The Balaban J connectivity index is 2.03. The van der Waals surface area contributed by atoms with Gasteiger partial charge in [-0.2, -0.15) is 13.2 Å². The quantitative estimate of drug-likeness (QED) is 0.801. The molecule has 19 heavy (non-hydrogen) atoms. The molecule has 2 rings (SSSR count). The number of carbonyl (C=O) groups excluding carboxylic acids is 2. The van der Waals surface area contributed by atoms with Gasteiger partial charge in [-0.05, 0) is 0 Å². The van der Waals surface area contributed by atoms with Crippen molar-refractivity contribution in [1.29, 1.82) is 0 Å². The highest BCUT2D eigenvalue weighted by atomic mass is 19.4. The summed E-state index contributed by atoms with van der Waals surface area (Å²) < 4.78 is 42.4. The lowest BCUT2D eigenvalue weighted by atomic mass is 9.83.